The van der Waals surface area contributed by atoms with E-state index in [-0.39, 0.29) is 30.9 Å². The molecule has 0 unspecified atom stereocenters. The monoisotopic (exact) mass is 735 g/mol. The van der Waals surface area contributed by atoms with Crippen LogP contribution >= 0.6 is 35.2 Å². The van der Waals surface area contributed by atoms with E-state index in [1.165, 1.54) is 6.21 Å². The number of carbonyl (C=O) groups is 1. The minimum Gasteiger partial charge on any atom is -0.411 e. The number of nitrogens with zero attached hydrogens (tertiary/aromatic N) is 2. The fourth-order valence-corrected chi connectivity index (χ4v) is 13.0. The lowest BCUT2D eigenvalue weighted by Gasteiger charge is -2.33. The van der Waals surface area contributed by atoms with Gasteiger partial charge in [-0.15, -0.1) is 12.4 Å². The van der Waals surface area contributed by atoms with Crippen molar-refractivity contribution in [3.8, 4) is 0 Å². The number of hydrogen-bond donors (Lipinski definition) is 3. The standard InChI is InChI=1S/C9H21O6P3.C6H9NO2.C6H7NO.C6H8O2.ClH.H3NO/c1-4-7-16(10)13-17(11,8-5-2)15-18(12,14-16)9-6-3;8-7-4-6-2-1-3-9-5-6;1-7-6-3-2-4-8-5-6;7-4-6-2-1-3-8-5-6;;1-2/h4-9H2,1-3H3;2,4,8H,1,3,5H2;3H,2,4-5H2;2,4H,1,3,5H2;1H;2H,1H2. The lowest BCUT2D eigenvalue weighted by Crippen LogP contribution is -2.10. The zero-order valence-corrected chi connectivity index (χ0v) is 30.2. The molecule has 0 saturated carbocycles. The molecule has 46 heavy (non-hydrogen) atoms. The summed E-state index contributed by atoms with van der Waals surface area (Å²) in [6.07, 6.45) is 12.7. The highest BCUT2D eigenvalue weighted by atomic mass is 35.5. The van der Waals surface area contributed by atoms with Crippen LogP contribution in [0.15, 0.2) is 40.2 Å². The average molecular weight is 736 g/mol. The largest absolute Gasteiger partial charge is 0.411 e. The summed E-state index contributed by atoms with van der Waals surface area (Å²) < 4.78 is 67.3. The molecule has 4 N–H and O–H groups in total. The number of oxime groups is 1. The summed E-state index contributed by atoms with van der Waals surface area (Å²) in [6, 6.07) is 0. The third kappa shape index (κ3) is 20.7. The Balaban J connectivity index is 0. The summed E-state index contributed by atoms with van der Waals surface area (Å²) in [7, 11) is -10.7. The van der Waals surface area contributed by atoms with Gasteiger partial charge in [0.15, 0.2) is 5.70 Å². The molecule has 0 atom stereocenters. The van der Waals surface area contributed by atoms with Gasteiger partial charge in [0.2, 0.25) is 0 Å². The second-order valence-corrected chi connectivity index (χ2v) is 16.5. The third-order valence-corrected chi connectivity index (χ3v) is 14.5. The molecule has 4 rings (SSSR count). The highest BCUT2D eigenvalue weighted by molar-refractivity contribution is 7.80. The van der Waals surface area contributed by atoms with Crippen molar-refractivity contribution < 1.29 is 56.0 Å². The van der Waals surface area contributed by atoms with E-state index >= 15 is 0 Å². The number of ether oxygens (including phenoxy) is 3. The quantitative estimate of drug-likeness (QED) is 0.0566. The molecule has 4 aliphatic heterocycles. The van der Waals surface area contributed by atoms with Crippen LogP contribution < -0.4 is 5.90 Å². The zero-order valence-electron chi connectivity index (χ0n) is 26.7. The van der Waals surface area contributed by atoms with Crippen LogP contribution in [0.1, 0.15) is 59.3 Å². The van der Waals surface area contributed by atoms with Crippen LogP contribution in [0.5, 0.6) is 0 Å². The number of aldehydes is 1. The van der Waals surface area contributed by atoms with Crippen molar-refractivity contribution in [3.63, 3.8) is 0 Å². The van der Waals surface area contributed by atoms with Gasteiger partial charge in [-0.3, -0.25) is 18.5 Å². The van der Waals surface area contributed by atoms with Gasteiger partial charge in [-0.2, -0.15) is 0 Å². The number of hydrogen-bond acceptors (Lipinski definition) is 14. The van der Waals surface area contributed by atoms with Gasteiger partial charge in [0.05, 0.1) is 64.3 Å². The molecule has 4 heterocycles. The van der Waals surface area contributed by atoms with Gasteiger partial charge in [-0.25, -0.2) is 23.7 Å². The van der Waals surface area contributed by atoms with Crippen LogP contribution in [0.2, 0.25) is 0 Å². The minimum absolute atomic E-state index is 0. The van der Waals surface area contributed by atoms with Crippen LogP contribution in [0.25, 0.3) is 4.85 Å². The van der Waals surface area contributed by atoms with Crippen LogP contribution in [0.3, 0.4) is 0 Å². The van der Waals surface area contributed by atoms with E-state index in [9.17, 15) is 18.5 Å². The minimum atomic E-state index is -3.57. The van der Waals surface area contributed by atoms with Gasteiger partial charge < -0.3 is 24.6 Å². The number of rotatable bonds is 8. The predicted octanol–water partition coefficient (Wildman–Crippen LogP) is 7.15. The number of carbonyl (C=O) groups excluding carboxylic acids is 1. The van der Waals surface area contributed by atoms with Crippen LogP contribution in [-0.2, 0) is 45.6 Å². The van der Waals surface area contributed by atoms with Crippen LogP contribution in [0, 0.1) is 6.57 Å². The fraction of sp³-hybridized carbons (Fsp3) is 0.667. The highest BCUT2D eigenvalue weighted by Crippen LogP contribution is 2.82. The lowest BCUT2D eigenvalue weighted by molar-refractivity contribution is -0.105. The predicted molar refractivity (Wildman–Crippen MR) is 178 cm³/mol. The number of halogens is 1. The maximum atomic E-state index is 12.3. The molecule has 4 aliphatic rings. The summed E-state index contributed by atoms with van der Waals surface area (Å²) in [5, 5.41) is 17.5. The first-order valence-electron chi connectivity index (χ1n) is 14.6. The second kappa shape index (κ2) is 27.5. The van der Waals surface area contributed by atoms with Gasteiger partial charge in [-0.1, -0.05) is 44.2 Å². The van der Waals surface area contributed by atoms with Crippen molar-refractivity contribution in [2.24, 2.45) is 11.1 Å². The van der Waals surface area contributed by atoms with Crippen molar-refractivity contribution in [2.45, 2.75) is 59.3 Å². The summed E-state index contributed by atoms with van der Waals surface area (Å²) in [6.45, 7) is 15.9. The summed E-state index contributed by atoms with van der Waals surface area (Å²) in [5.41, 5.74) is 2.47. The summed E-state index contributed by atoms with van der Waals surface area (Å²) in [4.78, 5) is 13.2. The van der Waals surface area contributed by atoms with Gasteiger partial charge in [0.1, 0.15) is 6.29 Å². The highest BCUT2D eigenvalue weighted by Gasteiger charge is 2.51. The Morgan fingerprint density at radius 1 is 0.783 bits per heavy atom. The van der Waals surface area contributed by atoms with Crippen molar-refractivity contribution in [1.82, 2.24) is 0 Å². The third-order valence-electron chi connectivity index (χ3n) is 5.52. The van der Waals surface area contributed by atoms with E-state index < -0.39 is 22.8 Å². The van der Waals surface area contributed by atoms with Crippen molar-refractivity contribution >= 4 is 47.7 Å². The molecule has 266 valence electrons. The SMILES string of the molecule is CCCP1(=O)OP(=O)(CCC)OP(=O)(CCC)O1.Cl.NO.O=CC1=CCCOC1.ON=CC1=CCCOC1.[C-]#[N+]C1=CCCOC1. The van der Waals surface area contributed by atoms with Crippen LogP contribution in [0.4, 0.5) is 0 Å². The van der Waals surface area contributed by atoms with Crippen molar-refractivity contribution in [1.29, 1.82) is 0 Å². The maximum Gasteiger partial charge on any atom is 0.345 e. The molecule has 0 spiro atoms. The average Bonchev–Trinajstić information content (AvgIpc) is 3.04. The van der Waals surface area contributed by atoms with Crippen molar-refractivity contribution in [3.05, 3.63) is 46.5 Å². The van der Waals surface area contributed by atoms with E-state index in [0.29, 0.717) is 39.1 Å². The first-order valence-corrected chi connectivity index (χ1v) is 19.8. The molecule has 15 nitrogen and oxygen atoms in total. The first kappa shape index (κ1) is 46.6. The van der Waals surface area contributed by atoms with E-state index in [4.69, 9.17) is 44.1 Å². The molecule has 0 aromatic carbocycles. The van der Waals surface area contributed by atoms with Crippen molar-refractivity contribution in [2.75, 3.05) is 58.1 Å². The van der Waals surface area contributed by atoms with E-state index in [1.807, 2.05) is 18.2 Å². The fourth-order valence-electron chi connectivity index (χ4n) is 3.70. The van der Waals surface area contributed by atoms with Gasteiger partial charge in [-0.05, 0) is 44.1 Å². The molecule has 0 aromatic rings. The topological polar surface area (TPSA) is 207 Å². The Kier molecular flexibility index (Phi) is 27.8. The molecular weight excluding hydrogens is 687 g/mol. The molecule has 0 bridgehead atoms. The molecule has 1 fully saturated rings. The molecule has 1 saturated heterocycles. The van der Waals surface area contributed by atoms with Gasteiger partial charge in [0.25, 0.3) is 0 Å². The lowest BCUT2D eigenvalue weighted by atomic mass is 10.2. The van der Waals surface area contributed by atoms with Gasteiger partial charge >= 0.3 is 22.8 Å². The molecule has 0 radical (unpaired) electrons. The number of nitrogens with two attached hydrogens (primary N) is 1. The normalized spacial score (nSPS) is 26.8. The van der Waals surface area contributed by atoms with E-state index in [0.717, 1.165) is 62.2 Å². The Hall–Kier alpha value is -1.49. The van der Waals surface area contributed by atoms with Gasteiger partial charge in [0, 0.05) is 12.2 Å². The van der Waals surface area contributed by atoms with E-state index in [2.05, 4.69) is 15.9 Å². The summed E-state index contributed by atoms with van der Waals surface area (Å²) in [5.74, 6) is 3.50. The molecule has 0 aliphatic carbocycles. The maximum absolute atomic E-state index is 12.3. The molecule has 19 heteroatoms. The van der Waals surface area contributed by atoms with E-state index in [1.54, 1.807) is 20.8 Å². The molecular formula is C27H49ClN3O12P3. The Bertz CT molecular complexity index is 1090. The smallest absolute Gasteiger partial charge is 0.345 e. The first-order chi connectivity index (χ1) is 21.6. The Morgan fingerprint density at radius 3 is 1.41 bits per heavy atom. The van der Waals surface area contributed by atoms with Crippen LogP contribution in [-0.4, -0.2) is 81.0 Å². The molecule has 0 amide bonds. The Labute approximate surface area is 278 Å². The molecule has 0 aromatic heterocycles. The zero-order chi connectivity index (χ0) is 34.0. The Morgan fingerprint density at radius 2 is 1.17 bits per heavy atom. The summed E-state index contributed by atoms with van der Waals surface area (Å²) >= 11 is 0. The second-order valence-electron chi connectivity index (χ2n) is 9.50.